The summed E-state index contributed by atoms with van der Waals surface area (Å²) in [5.74, 6) is -0.823. The average molecular weight is 386 g/mol. The van der Waals surface area contributed by atoms with Gasteiger partial charge in [0.2, 0.25) is 5.16 Å². The average Bonchev–Trinajstić information content (AvgIpc) is 3.19. The van der Waals surface area contributed by atoms with Crippen LogP contribution in [0, 0.1) is 6.92 Å². The summed E-state index contributed by atoms with van der Waals surface area (Å²) in [5.41, 5.74) is 1.51. The number of aromatic nitrogens is 4. The second-order valence-corrected chi connectivity index (χ2v) is 6.66. The molecule has 9 heteroatoms. The van der Waals surface area contributed by atoms with E-state index in [1.807, 2.05) is 24.3 Å². The molecule has 3 rings (SSSR count). The molecule has 0 saturated heterocycles. The maximum atomic E-state index is 11.9. The van der Waals surface area contributed by atoms with Crippen LogP contribution in [0.3, 0.4) is 0 Å². The van der Waals surface area contributed by atoms with Gasteiger partial charge in [-0.3, -0.25) is 9.89 Å². The maximum Gasteiger partial charge on any atom is 0.342 e. The molecule has 140 valence electrons. The molecular weight excluding hydrogens is 368 g/mol. The first-order valence-electron chi connectivity index (χ1n) is 8.23. The highest BCUT2D eigenvalue weighted by atomic mass is 32.2. The number of carbonyl (C=O) groups excluding carboxylic acids is 1. The molecule has 0 fully saturated rings. The SMILES string of the molecule is CCOC(=O)Cn1cc(/C=C(\Sc2n[nH]c(C)n2)C(=O)O)c2ccccc21. The van der Waals surface area contributed by atoms with Crippen molar-refractivity contribution in [3.8, 4) is 0 Å². The van der Waals surface area contributed by atoms with Crippen LogP contribution >= 0.6 is 11.8 Å². The molecule has 0 bridgehead atoms. The van der Waals surface area contributed by atoms with Gasteiger partial charge in [0.05, 0.1) is 6.61 Å². The van der Waals surface area contributed by atoms with E-state index in [1.165, 1.54) is 0 Å². The molecular formula is C18H18N4O4S. The summed E-state index contributed by atoms with van der Waals surface area (Å²) in [5, 5.41) is 17.4. The van der Waals surface area contributed by atoms with Gasteiger partial charge in [-0.2, -0.15) is 0 Å². The number of thioether (sulfide) groups is 1. The van der Waals surface area contributed by atoms with Crippen LogP contribution in [-0.4, -0.2) is 43.4 Å². The molecule has 1 aromatic carbocycles. The van der Waals surface area contributed by atoms with E-state index >= 15 is 0 Å². The fourth-order valence-electron chi connectivity index (χ4n) is 2.61. The Morgan fingerprint density at radius 2 is 2.15 bits per heavy atom. The zero-order valence-electron chi connectivity index (χ0n) is 14.8. The summed E-state index contributed by atoms with van der Waals surface area (Å²) in [6.45, 7) is 3.85. The lowest BCUT2D eigenvalue weighted by Crippen LogP contribution is -2.12. The summed E-state index contributed by atoms with van der Waals surface area (Å²) < 4.78 is 6.76. The van der Waals surface area contributed by atoms with Crippen molar-refractivity contribution < 1.29 is 19.4 Å². The predicted octanol–water partition coefficient (Wildman–Crippen LogP) is 2.85. The van der Waals surface area contributed by atoms with Gasteiger partial charge in [0, 0.05) is 22.7 Å². The Balaban J connectivity index is 1.99. The number of hydrogen-bond donors (Lipinski definition) is 2. The molecule has 2 N–H and O–H groups in total. The van der Waals surface area contributed by atoms with Crippen LogP contribution in [0.1, 0.15) is 18.3 Å². The third-order valence-corrected chi connectivity index (χ3v) is 4.58. The van der Waals surface area contributed by atoms with Gasteiger partial charge < -0.3 is 14.4 Å². The topological polar surface area (TPSA) is 110 Å². The molecule has 2 aromatic heterocycles. The molecule has 0 aliphatic carbocycles. The van der Waals surface area contributed by atoms with Gasteiger partial charge in [-0.15, -0.1) is 5.10 Å². The quantitative estimate of drug-likeness (QED) is 0.365. The highest BCUT2D eigenvalue weighted by Gasteiger charge is 2.16. The largest absolute Gasteiger partial charge is 0.477 e. The van der Waals surface area contributed by atoms with Gasteiger partial charge in [0.25, 0.3) is 0 Å². The fourth-order valence-corrected chi connectivity index (χ4v) is 3.35. The van der Waals surface area contributed by atoms with Gasteiger partial charge in [0.1, 0.15) is 17.3 Å². The minimum absolute atomic E-state index is 0.0534. The van der Waals surface area contributed by atoms with Gasteiger partial charge in [-0.1, -0.05) is 18.2 Å². The fraction of sp³-hybridized carbons (Fsp3) is 0.222. The lowest BCUT2D eigenvalue weighted by atomic mass is 10.1. The number of esters is 1. The maximum absolute atomic E-state index is 11.9. The molecule has 3 aromatic rings. The number of nitrogens with one attached hydrogen (secondary N) is 1. The van der Waals surface area contributed by atoms with Crippen molar-refractivity contribution in [2.45, 2.75) is 25.5 Å². The monoisotopic (exact) mass is 386 g/mol. The zero-order chi connectivity index (χ0) is 19.4. The molecule has 0 aliphatic rings. The molecule has 0 radical (unpaired) electrons. The van der Waals surface area contributed by atoms with E-state index in [9.17, 15) is 14.7 Å². The Morgan fingerprint density at radius 3 is 2.81 bits per heavy atom. The minimum Gasteiger partial charge on any atom is -0.477 e. The predicted molar refractivity (Wildman–Crippen MR) is 101 cm³/mol. The lowest BCUT2D eigenvalue weighted by molar-refractivity contribution is -0.143. The number of rotatable bonds is 7. The first-order chi connectivity index (χ1) is 13.0. The lowest BCUT2D eigenvalue weighted by Gasteiger charge is -2.04. The van der Waals surface area contributed by atoms with Gasteiger partial charge in [-0.05, 0) is 37.8 Å². The van der Waals surface area contributed by atoms with Crippen LogP contribution in [0.25, 0.3) is 17.0 Å². The Hall–Kier alpha value is -3.07. The highest BCUT2D eigenvalue weighted by molar-refractivity contribution is 8.04. The van der Waals surface area contributed by atoms with Crippen molar-refractivity contribution in [2.24, 2.45) is 0 Å². The summed E-state index contributed by atoms with van der Waals surface area (Å²) >= 11 is 0.960. The van der Waals surface area contributed by atoms with Crippen LogP contribution < -0.4 is 0 Å². The number of nitrogens with zero attached hydrogens (tertiary/aromatic N) is 3. The molecule has 27 heavy (non-hydrogen) atoms. The van der Waals surface area contributed by atoms with Crippen LogP contribution in [0.4, 0.5) is 0 Å². The number of aryl methyl sites for hydroxylation is 1. The van der Waals surface area contributed by atoms with E-state index in [2.05, 4.69) is 15.2 Å². The van der Waals surface area contributed by atoms with Crippen molar-refractivity contribution in [1.29, 1.82) is 0 Å². The number of carboxylic acids is 1. The van der Waals surface area contributed by atoms with Crippen molar-refractivity contribution in [3.05, 3.63) is 46.8 Å². The van der Waals surface area contributed by atoms with Crippen molar-refractivity contribution in [1.82, 2.24) is 19.7 Å². The molecule has 0 aliphatic heterocycles. The van der Waals surface area contributed by atoms with E-state index in [-0.39, 0.29) is 17.4 Å². The number of H-pyrrole nitrogens is 1. The molecule has 0 unspecified atom stereocenters. The third kappa shape index (κ3) is 4.37. The number of hydrogen-bond acceptors (Lipinski definition) is 6. The molecule has 0 atom stereocenters. The number of para-hydroxylation sites is 1. The van der Waals surface area contributed by atoms with Crippen molar-refractivity contribution >= 4 is 40.7 Å². The van der Waals surface area contributed by atoms with E-state index in [1.54, 1.807) is 30.7 Å². The summed E-state index contributed by atoms with van der Waals surface area (Å²) in [4.78, 5) is 27.8. The number of carbonyl (C=O) groups is 2. The van der Waals surface area contributed by atoms with E-state index in [0.717, 1.165) is 22.7 Å². The molecule has 8 nitrogen and oxygen atoms in total. The van der Waals surface area contributed by atoms with Gasteiger partial charge in [-0.25, -0.2) is 9.78 Å². The smallest absolute Gasteiger partial charge is 0.342 e. The Bertz CT molecular complexity index is 1020. The van der Waals surface area contributed by atoms with Crippen LogP contribution in [0.5, 0.6) is 0 Å². The number of aliphatic carboxylic acids is 1. The summed E-state index contributed by atoms with van der Waals surface area (Å²) in [7, 11) is 0. The first-order valence-corrected chi connectivity index (χ1v) is 9.05. The van der Waals surface area contributed by atoms with Crippen LogP contribution in [0.15, 0.2) is 40.5 Å². The highest BCUT2D eigenvalue weighted by Crippen LogP contribution is 2.29. The standard InChI is InChI=1S/C18H18N4O4S/c1-3-26-16(23)10-22-9-12(13-6-4-5-7-14(13)22)8-15(17(24)25)27-18-19-11(2)20-21-18/h4-9H,3,10H2,1-2H3,(H,24,25)(H,19,20,21)/b15-8-. The van der Waals surface area contributed by atoms with Gasteiger partial charge in [0.15, 0.2) is 0 Å². The van der Waals surface area contributed by atoms with Crippen molar-refractivity contribution in [3.63, 3.8) is 0 Å². The molecule has 0 amide bonds. The number of benzene rings is 1. The van der Waals surface area contributed by atoms with E-state index in [0.29, 0.717) is 23.2 Å². The third-order valence-electron chi connectivity index (χ3n) is 3.70. The minimum atomic E-state index is -1.08. The number of ether oxygens (including phenoxy) is 1. The Labute approximate surface area is 159 Å². The van der Waals surface area contributed by atoms with Gasteiger partial charge >= 0.3 is 11.9 Å². The molecule has 0 spiro atoms. The Kier molecular flexibility index (Phi) is 5.60. The van der Waals surface area contributed by atoms with Crippen molar-refractivity contribution in [2.75, 3.05) is 6.61 Å². The molecule has 2 heterocycles. The number of fused-ring (bicyclic) bond motifs is 1. The Morgan fingerprint density at radius 1 is 1.37 bits per heavy atom. The second kappa shape index (κ2) is 8.09. The number of aromatic amines is 1. The second-order valence-electron chi connectivity index (χ2n) is 5.65. The zero-order valence-corrected chi connectivity index (χ0v) is 15.6. The first kappa shape index (κ1) is 18.7. The van der Waals surface area contributed by atoms with E-state index in [4.69, 9.17) is 4.74 Å². The normalized spacial score (nSPS) is 11.7. The number of carboxylic acid groups (broad SMARTS) is 1. The summed E-state index contributed by atoms with van der Waals surface area (Å²) in [6.07, 6.45) is 3.30. The van der Waals surface area contributed by atoms with Crippen LogP contribution in [-0.2, 0) is 20.9 Å². The molecule has 0 saturated carbocycles. The van der Waals surface area contributed by atoms with E-state index < -0.39 is 5.97 Å². The van der Waals surface area contributed by atoms with Crippen LogP contribution in [0.2, 0.25) is 0 Å². The summed E-state index contributed by atoms with van der Waals surface area (Å²) in [6, 6.07) is 7.48.